The fourth-order valence-electron chi connectivity index (χ4n) is 3.09. The van der Waals surface area contributed by atoms with E-state index >= 15 is 0 Å². The summed E-state index contributed by atoms with van der Waals surface area (Å²) in [7, 11) is -3.42. The fraction of sp³-hybridized carbons (Fsp3) is 0.222. The third-order valence-electron chi connectivity index (χ3n) is 4.34. The van der Waals surface area contributed by atoms with Gasteiger partial charge >= 0.3 is 0 Å². The summed E-state index contributed by atoms with van der Waals surface area (Å²) >= 11 is 0. The van der Waals surface area contributed by atoms with Gasteiger partial charge in [0, 0.05) is 12.7 Å². The lowest BCUT2D eigenvalue weighted by Crippen LogP contribution is -2.31. The third-order valence-corrected chi connectivity index (χ3v) is 6.12. The van der Waals surface area contributed by atoms with E-state index in [0.29, 0.717) is 17.3 Å². The number of ether oxygens (including phenoxy) is 1. The number of pyridine rings is 1. The molecule has 4 rings (SSSR count). The van der Waals surface area contributed by atoms with Crippen LogP contribution in [0.1, 0.15) is 29.9 Å². The number of rotatable bonds is 5. The summed E-state index contributed by atoms with van der Waals surface area (Å²) < 4.78 is 37.8. The van der Waals surface area contributed by atoms with Gasteiger partial charge in [-0.1, -0.05) is 6.07 Å². The molecular formula is C18H17N3O4S. The molecule has 0 unspecified atom stereocenters. The van der Waals surface area contributed by atoms with Crippen molar-refractivity contribution >= 4 is 10.0 Å². The summed E-state index contributed by atoms with van der Waals surface area (Å²) in [5, 5.41) is 0. The highest BCUT2D eigenvalue weighted by Gasteiger charge is 2.40. The average molecular weight is 371 g/mol. The first-order valence-corrected chi connectivity index (χ1v) is 9.78. The zero-order chi connectivity index (χ0) is 18.1. The first kappa shape index (κ1) is 16.7. The molecule has 0 fully saturated rings. The van der Waals surface area contributed by atoms with E-state index in [9.17, 15) is 8.42 Å². The van der Waals surface area contributed by atoms with Crippen LogP contribution in [-0.2, 0) is 16.6 Å². The van der Waals surface area contributed by atoms with Crippen molar-refractivity contribution in [1.29, 1.82) is 0 Å². The SMILES string of the molecule is CCS(=O)(=O)N1Cc2cc(Oc3cccnc3)ccc2[C@H]1c1cnco1. The molecule has 3 heterocycles. The topological polar surface area (TPSA) is 85.5 Å². The van der Waals surface area contributed by atoms with Crippen molar-refractivity contribution in [3.8, 4) is 11.5 Å². The Balaban J connectivity index is 1.72. The number of sulfonamides is 1. The number of benzene rings is 1. The minimum atomic E-state index is -3.42. The summed E-state index contributed by atoms with van der Waals surface area (Å²) in [6.07, 6.45) is 6.16. The van der Waals surface area contributed by atoms with Crippen molar-refractivity contribution in [3.63, 3.8) is 0 Å². The van der Waals surface area contributed by atoms with Gasteiger partial charge < -0.3 is 9.15 Å². The van der Waals surface area contributed by atoms with E-state index in [0.717, 1.165) is 11.1 Å². The van der Waals surface area contributed by atoms with Crippen molar-refractivity contribution in [1.82, 2.24) is 14.3 Å². The second-order valence-electron chi connectivity index (χ2n) is 5.90. The van der Waals surface area contributed by atoms with Gasteiger partial charge in [-0.15, -0.1) is 0 Å². The molecule has 0 saturated carbocycles. The van der Waals surface area contributed by atoms with Crippen LogP contribution >= 0.6 is 0 Å². The Morgan fingerprint density at radius 1 is 1.23 bits per heavy atom. The lowest BCUT2D eigenvalue weighted by molar-refractivity contribution is 0.339. The Morgan fingerprint density at radius 2 is 2.12 bits per heavy atom. The van der Waals surface area contributed by atoms with Crippen molar-refractivity contribution in [2.24, 2.45) is 0 Å². The Labute approximate surface area is 151 Å². The first-order valence-electron chi connectivity index (χ1n) is 8.17. The summed E-state index contributed by atoms with van der Waals surface area (Å²) in [6, 6.07) is 8.64. The van der Waals surface area contributed by atoms with Gasteiger partial charge in [0.05, 0.1) is 18.1 Å². The molecule has 3 aromatic rings. The molecular weight excluding hydrogens is 354 g/mol. The Morgan fingerprint density at radius 3 is 2.81 bits per heavy atom. The van der Waals surface area contributed by atoms with E-state index in [1.54, 1.807) is 31.6 Å². The molecule has 0 N–H and O–H groups in total. The maximum absolute atomic E-state index is 12.6. The van der Waals surface area contributed by atoms with Crippen LogP contribution in [-0.4, -0.2) is 28.4 Å². The molecule has 0 aliphatic carbocycles. The number of oxazole rings is 1. The molecule has 26 heavy (non-hydrogen) atoms. The molecule has 134 valence electrons. The van der Waals surface area contributed by atoms with Gasteiger partial charge in [0.2, 0.25) is 10.0 Å². The minimum Gasteiger partial charge on any atom is -0.456 e. The molecule has 0 spiro atoms. The maximum atomic E-state index is 12.6. The van der Waals surface area contributed by atoms with Gasteiger partial charge in [-0.3, -0.25) is 4.98 Å². The van der Waals surface area contributed by atoms with E-state index in [4.69, 9.17) is 9.15 Å². The minimum absolute atomic E-state index is 0.0185. The smallest absolute Gasteiger partial charge is 0.215 e. The van der Waals surface area contributed by atoms with E-state index in [2.05, 4.69) is 9.97 Å². The standard InChI is InChI=1S/C18H17N3O4S/c1-2-26(22,23)21-11-13-8-14(25-15-4-3-7-19-9-15)5-6-16(13)18(21)17-10-20-12-24-17/h3-10,12,18H,2,11H2,1H3/t18-/m0/s1. The van der Waals surface area contributed by atoms with Gasteiger partial charge in [0.1, 0.15) is 23.3 Å². The Bertz CT molecular complexity index is 1000. The highest BCUT2D eigenvalue weighted by Crippen LogP contribution is 2.42. The van der Waals surface area contributed by atoms with Crippen LogP contribution in [0.5, 0.6) is 11.5 Å². The zero-order valence-corrected chi connectivity index (χ0v) is 14.9. The van der Waals surface area contributed by atoms with Crippen LogP contribution in [0.4, 0.5) is 0 Å². The van der Waals surface area contributed by atoms with Crippen molar-refractivity contribution in [3.05, 3.63) is 72.2 Å². The van der Waals surface area contributed by atoms with Crippen molar-refractivity contribution in [2.75, 3.05) is 5.75 Å². The second-order valence-corrected chi connectivity index (χ2v) is 8.11. The van der Waals surface area contributed by atoms with E-state index in [1.807, 2.05) is 24.3 Å². The zero-order valence-electron chi connectivity index (χ0n) is 14.1. The van der Waals surface area contributed by atoms with Crippen LogP contribution < -0.4 is 4.74 Å². The predicted octanol–water partition coefficient (Wildman–Crippen LogP) is 3.12. The van der Waals surface area contributed by atoms with Crippen LogP contribution in [0.3, 0.4) is 0 Å². The normalized spacial score (nSPS) is 17.2. The molecule has 2 aromatic heterocycles. The van der Waals surface area contributed by atoms with Gasteiger partial charge in [-0.05, 0) is 42.3 Å². The van der Waals surface area contributed by atoms with Crippen LogP contribution in [0, 0.1) is 0 Å². The number of aromatic nitrogens is 2. The first-order chi connectivity index (χ1) is 12.6. The molecule has 7 nitrogen and oxygen atoms in total. The lowest BCUT2D eigenvalue weighted by atomic mass is 10.0. The summed E-state index contributed by atoms with van der Waals surface area (Å²) in [5.74, 6) is 1.77. The second kappa shape index (κ2) is 6.54. The van der Waals surface area contributed by atoms with Crippen molar-refractivity contribution in [2.45, 2.75) is 19.5 Å². The molecule has 0 saturated heterocycles. The van der Waals surface area contributed by atoms with E-state index in [-0.39, 0.29) is 12.3 Å². The number of hydrogen-bond acceptors (Lipinski definition) is 6. The lowest BCUT2D eigenvalue weighted by Gasteiger charge is -2.21. The molecule has 0 bridgehead atoms. The van der Waals surface area contributed by atoms with Gasteiger partial charge in [0.15, 0.2) is 6.39 Å². The summed E-state index contributed by atoms with van der Waals surface area (Å²) in [5.41, 5.74) is 1.75. The third kappa shape index (κ3) is 2.97. The molecule has 1 aliphatic heterocycles. The average Bonchev–Trinajstić information content (AvgIpc) is 3.29. The van der Waals surface area contributed by atoms with Gasteiger partial charge in [-0.2, -0.15) is 4.31 Å². The van der Waals surface area contributed by atoms with Gasteiger partial charge in [0.25, 0.3) is 0 Å². The van der Waals surface area contributed by atoms with Crippen LogP contribution in [0.2, 0.25) is 0 Å². The summed E-state index contributed by atoms with van der Waals surface area (Å²) in [4.78, 5) is 7.96. The molecule has 1 aliphatic rings. The number of hydrogen-bond donors (Lipinski definition) is 0. The van der Waals surface area contributed by atoms with E-state index in [1.165, 1.54) is 10.7 Å². The van der Waals surface area contributed by atoms with Gasteiger partial charge in [-0.25, -0.2) is 13.4 Å². The molecule has 8 heteroatoms. The van der Waals surface area contributed by atoms with E-state index < -0.39 is 16.1 Å². The molecule has 1 atom stereocenters. The van der Waals surface area contributed by atoms with Crippen molar-refractivity contribution < 1.29 is 17.6 Å². The number of nitrogens with zero attached hydrogens (tertiary/aromatic N) is 3. The Hall–Kier alpha value is -2.71. The monoisotopic (exact) mass is 371 g/mol. The highest BCUT2D eigenvalue weighted by molar-refractivity contribution is 7.89. The Kier molecular flexibility index (Phi) is 4.21. The quantitative estimate of drug-likeness (QED) is 0.685. The molecule has 0 radical (unpaired) electrons. The largest absolute Gasteiger partial charge is 0.456 e. The summed E-state index contributed by atoms with van der Waals surface area (Å²) in [6.45, 7) is 1.90. The fourth-order valence-corrected chi connectivity index (χ4v) is 4.29. The molecule has 1 aromatic carbocycles. The molecule has 0 amide bonds. The van der Waals surface area contributed by atoms with Crippen LogP contribution in [0.15, 0.2) is 59.7 Å². The maximum Gasteiger partial charge on any atom is 0.215 e. The number of fused-ring (bicyclic) bond motifs is 1. The predicted molar refractivity (Wildman–Crippen MR) is 94.1 cm³/mol. The highest BCUT2D eigenvalue weighted by atomic mass is 32.2. The van der Waals surface area contributed by atoms with Crippen LogP contribution in [0.25, 0.3) is 0 Å².